The number of aromatic nitrogens is 2. The minimum atomic E-state index is -0.657. The van der Waals surface area contributed by atoms with Crippen molar-refractivity contribution in [3.05, 3.63) is 18.0 Å². The predicted octanol–water partition coefficient (Wildman–Crippen LogP) is 1.12. The van der Waals surface area contributed by atoms with Crippen molar-refractivity contribution in [2.75, 3.05) is 13.7 Å². The van der Waals surface area contributed by atoms with E-state index in [0.29, 0.717) is 19.6 Å². The van der Waals surface area contributed by atoms with Crippen molar-refractivity contribution in [2.24, 2.45) is 0 Å². The van der Waals surface area contributed by atoms with Crippen LogP contribution in [0.5, 0.6) is 0 Å². The Kier molecular flexibility index (Phi) is 4.69. The molecule has 0 amide bonds. The van der Waals surface area contributed by atoms with Crippen LogP contribution in [0.4, 0.5) is 0 Å². The van der Waals surface area contributed by atoms with Crippen molar-refractivity contribution in [3.63, 3.8) is 0 Å². The van der Waals surface area contributed by atoms with Gasteiger partial charge in [-0.05, 0) is 39.8 Å². The smallest absolute Gasteiger partial charge is 0.326 e. The summed E-state index contributed by atoms with van der Waals surface area (Å²) in [4.78, 5) is 11.8. The third kappa shape index (κ3) is 3.56. The first-order valence-electron chi connectivity index (χ1n) is 5.87. The molecule has 17 heavy (non-hydrogen) atoms. The number of rotatable bonds is 6. The average Bonchev–Trinajstić information content (AvgIpc) is 2.72. The lowest BCUT2D eigenvalue weighted by molar-refractivity contribution is -0.150. The number of ether oxygens (including phenoxy) is 1. The minimum absolute atomic E-state index is 0.216. The number of hydrogen-bond donors (Lipinski definition) is 1. The molecule has 1 atom stereocenters. The second kappa shape index (κ2) is 5.82. The third-order valence-corrected chi connectivity index (χ3v) is 2.88. The lowest BCUT2D eigenvalue weighted by atomic mass is 9.98. The van der Waals surface area contributed by atoms with Crippen LogP contribution in [-0.2, 0) is 16.1 Å². The number of hydrogen-bond acceptors (Lipinski definition) is 4. The maximum Gasteiger partial charge on any atom is 0.326 e. The highest BCUT2D eigenvalue weighted by atomic mass is 16.5. The zero-order chi connectivity index (χ0) is 12.9. The van der Waals surface area contributed by atoms with E-state index in [-0.39, 0.29) is 5.97 Å². The van der Waals surface area contributed by atoms with Gasteiger partial charge in [0.15, 0.2) is 0 Å². The Bertz CT molecular complexity index is 376. The highest BCUT2D eigenvalue weighted by Gasteiger charge is 2.32. The van der Waals surface area contributed by atoms with E-state index >= 15 is 0 Å². The number of carbonyl (C=O) groups excluding carboxylic acids is 1. The van der Waals surface area contributed by atoms with E-state index in [4.69, 9.17) is 4.74 Å². The molecule has 0 fully saturated rings. The fraction of sp³-hybridized carbons (Fsp3) is 0.667. The molecule has 0 bridgehead atoms. The maximum absolute atomic E-state index is 11.8. The summed E-state index contributed by atoms with van der Waals surface area (Å²) in [6.07, 6.45) is 4.41. The molecule has 5 heteroatoms. The van der Waals surface area contributed by atoms with Crippen LogP contribution in [0.15, 0.2) is 12.4 Å². The van der Waals surface area contributed by atoms with Gasteiger partial charge in [-0.15, -0.1) is 0 Å². The van der Waals surface area contributed by atoms with Crippen LogP contribution in [-0.4, -0.2) is 34.9 Å². The summed E-state index contributed by atoms with van der Waals surface area (Å²) in [7, 11) is 1.77. The van der Waals surface area contributed by atoms with Crippen molar-refractivity contribution in [1.82, 2.24) is 15.1 Å². The Morgan fingerprint density at radius 1 is 1.65 bits per heavy atom. The molecule has 1 rings (SSSR count). The number of aryl methyl sites for hydroxylation is 2. The van der Waals surface area contributed by atoms with Crippen LogP contribution in [0.1, 0.15) is 25.8 Å². The topological polar surface area (TPSA) is 56.2 Å². The Balaban J connectivity index is 2.59. The van der Waals surface area contributed by atoms with Gasteiger partial charge in [-0.25, -0.2) is 0 Å². The molecule has 96 valence electrons. The monoisotopic (exact) mass is 239 g/mol. The number of likely N-dealkylation sites (N-methyl/N-ethyl adjacent to an activating group) is 1. The Morgan fingerprint density at radius 2 is 2.35 bits per heavy atom. The molecule has 0 spiro atoms. The molecular weight excluding hydrogens is 218 g/mol. The Morgan fingerprint density at radius 3 is 2.82 bits per heavy atom. The number of nitrogens with zero attached hydrogens (tertiary/aromatic N) is 2. The van der Waals surface area contributed by atoms with Crippen LogP contribution >= 0.6 is 0 Å². The van der Waals surface area contributed by atoms with Gasteiger partial charge in [0.1, 0.15) is 5.54 Å². The van der Waals surface area contributed by atoms with Gasteiger partial charge in [-0.3, -0.25) is 9.48 Å². The zero-order valence-corrected chi connectivity index (χ0v) is 11.0. The summed E-state index contributed by atoms with van der Waals surface area (Å²) in [5.74, 6) is -0.216. The highest BCUT2D eigenvalue weighted by molar-refractivity contribution is 5.80. The quantitative estimate of drug-likeness (QED) is 0.756. The van der Waals surface area contributed by atoms with Crippen molar-refractivity contribution in [3.8, 4) is 0 Å². The summed E-state index contributed by atoms with van der Waals surface area (Å²) in [5.41, 5.74) is 0.461. The minimum Gasteiger partial charge on any atom is -0.465 e. The van der Waals surface area contributed by atoms with Crippen molar-refractivity contribution < 1.29 is 9.53 Å². The molecule has 1 aromatic rings. The number of carbonyl (C=O) groups is 1. The van der Waals surface area contributed by atoms with Gasteiger partial charge in [-0.2, -0.15) is 5.10 Å². The molecular formula is C12H21N3O2. The lowest BCUT2D eigenvalue weighted by Crippen LogP contribution is -2.49. The summed E-state index contributed by atoms with van der Waals surface area (Å²) in [6, 6.07) is 0. The molecule has 0 radical (unpaired) electrons. The SMILES string of the molecule is CCOC(=O)C(C)(CCn1cc(C)cn1)NC. The predicted molar refractivity (Wildman–Crippen MR) is 65.7 cm³/mol. The van der Waals surface area contributed by atoms with E-state index in [1.807, 2.05) is 31.6 Å². The molecule has 0 aromatic carbocycles. The van der Waals surface area contributed by atoms with E-state index in [1.165, 1.54) is 0 Å². The van der Waals surface area contributed by atoms with Gasteiger partial charge in [0, 0.05) is 12.7 Å². The van der Waals surface area contributed by atoms with Crippen molar-refractivity contribution in [2.45, 2.75) is 39.3 Å². The number of esters is 1. The fourth-order valence-electron chi connectivity index (χ4n) is 1.55. The van der Waals surface area contributed by atoms with Gasteiger partial charge in [0.05, 0.1) is 12.8 Å². The molecule has 0 aliphatic rings. The molecule has 5 nitrogen and oxygen atoms in total. The van der Waals surface area contributed by atoms with Crippen LogP contribution in [0, 0.1) is 6.92 Å². The van der Waals surface area contributed by atoms with E-state index in [2.05, 4.69) is 10.4 Å². The molecule has 0 aliphatic heterocycles. The molecule has 1 aromatic heterocycles. The molecule has 0 saturated heterocycles. The first-order valence-corrected chi connectivity index (χ1v) is 5.87. The van der Waals surface area contributed by atoms with Gasteiger partial charge >= 0.3 is 5.97 Å². The van der Waals surface area contributed by atoms with Crippen LogP contribution in [0.3, 0.4) is 0 Å². The van der Waals surface area contributed by atoms with Gasteiger partial charge < -0.3 is 10.1 Å². The average molecular weight is 239 g/mol. The lowest BCUT2D eigenvalue weighted by Gasteiger charge is -2.26. The summed E-state index contributed by atoms with van der Waals surface area (Å²) >= 11 is 0. The van der Waals surface area contributed by atoms with Crippen molar-refractivity contribution in [1.29, 1.82) is 0 Å². The summed E-state index contributed by atoms with van der Waals surface area (Å²) in [6.45, 7) is 6.74. The largest absolute Gasteiger partial charge is 0.465 e. The Hall–Kier alpha value is -1.36. The van der Waals surface area contributed by atoms with Crippen LogP contribution in [0.2, 0.25) is 0 Å². The van der Waals surface area contributed by atoms with Gasteiger partial charge in [0.25, 0.3) is 0 Å². The standard InChI is InChI=1S/C12H21N3O2/c1-5-17-11(16)12(3,13-4)6-7-15-9-10(2)8-14-15/h8-9,13H,5-7H2,1-4H3. The Labute approximate surface area is 102 Å². The van der Waals surface area contributed by atoms with E-state index < -0.39 is 5.54 Å². The first-order chi connectivity index (χ1) is 8.01. The van der Waals surface area contributed by atoms with Crippen molar-refractivity contribution >= 4 is 5.97 Å². The molecule has 1 N–H and O–H groups in total. The second-order valence-electron chi connectivity index (χ2n) is 4.33. The molecule has 0 aliphatic carbocycles. The van der Waals surface area contributed by atoms with E-state index in [1.54, 1.807) is 13.2 Å². The van der Waals surface area contributed by atoms with E-state index in [0.717, 1.165) is 5.56 Å². The number of nitrogens with one attached hydrogen (secondary N) is 1. The van der Waals surface area contributed by atoms with E-state index in [9.17, 15) is 4.79 Å². The zero-order valence-electron chi connectivity index (χ0n) is 11.0. The second-order valence-corrected chi connectivity index (χ2v) is 4.33. The maximum atomic E-state index is 11.8. The summed E-state index contributed by atoms with van der Waals surface area (Å²) in [5, 5.41) is 7.22. The molecule has 1 unspecified atom stereocenters. The van der Waals surface area contributed by atoms with Gasteiger partial charge in [-0.1, -0.05) is 0 Å². The highest BCUT2D eigenvalue weighted by Crippen LogP contribution is 2.13. The molecule has 0 saturated carbocycles. The first kappa shape index (κ1) is 13.7. The normalized spacial score (nSPS) is 14.4. The van der Waals surface area contributed by atoms with Crippen LogP contribution in [0.25, 0.3) is 0 Å². The molecule has 1 heterocycles. The van der Waals surface area contributed by atoms with Gasteiger partial charge in [0.2, 0.25) is 0 Å². The fourth-order valence-corrected chi connectivity index (χ4v) is 1.55. The summed E-state index contributed by atoms with van der Waals surface area (Å²) < 4.78 is 6.90. The third-order valence-electron chi connectivity index (χ3n) is 2.88. The van der Waals surface area contributed by atoms with Crippen LogP contribution < -0.4 is 5.32 Å².